The van der Waals surface area contributed by atoms with Crippen molar-refractivity contribution < 1.29 is 18.3 Å². The number of para-hydroxylation sites is 2. The van der Waals surface area contributed by atoms with Gasteiger partial charge in [-0.3, -0.25) is 4.79 Å². The summed E-state index contributed by atoms with van der Waals surface area (Å²) in [5.41, 5.74) is 0.666. The molecule has 1 aromatic rings. The number of halogens is 2. The maximum absolute atomic E-state index is 12.8. The number of carbonyl (C=O) groups is 1. The second kappa shape index (κ2) is 9.92. The molecule has 3 aliphatic rings. The molecule has 2 bridgehead atoms. The number of benzene rings is 1. The zero-order valence-corrected chi connectivity index (χ0v) is 18.8. The number of anilines is 1. The minimum atomic E-state index is -2.86. The van der Waals surface area contributed by atoms with Crippen LogP contribution in [0.2, 0.25) is 0 Å². The van der Waals surface area contributed by atoms with Crippen LogP contribution < -0.4 is 20.3 Å². The Morgan fingerprint density at radius 2 is 2.03 bits per heavy atom. The lowest BCUT2D eigenvalue weighted by Gasteiger charge is -2.27. The van der Waals surface area contributed by atoms with Gasteiger partial charge in [0.25, 0.3) is 0 Å². The molecular weight excluding hydrogens is 416 g/mol. The van der Waals surface area contributed by atoms with Crippen LogP contribution in [0.1, 0.15) is 32.1 Å². The van der Waals surface area contributed by atoms with Crippen molar-refractivity contribution in [2.45, 2.75) is 50.8 Å². The minimum Gasteiger partial charge on any atom is -0.433 e. The van der Waals surface area contributed by atoms with Gasteiger partial charge in [-0.2, -0.15) is 8.78 Å². The first-order valence-electron chi connectivity index (χ1n) is 11.5. The van der Waals surface area contributed by atoms with Crippen LogP contribution in [-0.2, 0) is 4.79 Å². The average molecular weight is 450 g/mol. The summed E-state index contributed by atoms with van der Waals surface area (Å²) >= 11 is 0. The van der Waals surface area contributed by atoms with E-state index in [0.717, 1.165) is 25.3 Å². The Balaban J connectivity index is 1.41. The smallest absolute Gasteiger partial charge is 0.387 e. The third kappa shape index (κ3) is 5.42. The predicted molar refractivity (Wildman–Crippen MR) is 120 cm³/mol. The van der Waals surface area contributed by atoms with E-state index in [1.54, 1.807) is 32.3 Å². The van der Waals surface area contributed by atoms with Gasteiger partial charge in [-0.1, -0.05) is 18.6 Å². The second-order valence-corrected chi connectivity index (χ2v) is 9.30. The Kier molecular flexibility index (Phi) is 7.01. The van der Waals surface area contributed by atoms with Crippen molar-refractivity contribution in [2.75, 3.05) is 38.6 Å². The van der Waals surface area contributed by atoms with Gasteiger partial charge in [0, 0.05) is 39.3 Å². The van der Waals surface area contributed by atoms with E-state index in [-0.39, 0.29) is 24.2 Å². The topological polar surface area (TPSA) is 69.2 Å². The van der Waals surface area contributed by atoms with Gasteiger partial charge >= 0.3 is 6.61 Å². The van der Waals surface area contributed by atoms with Gasteiger partial charge < -0.3 is 25.2 Å². The summed E-state index contributed by atoms with van der Waals surface area (Å²) < 4.78 is 30.3. The number of nitrogens with zero attached hydrogens (tertiary/aromatic N) is 3. The maximum atomic E-state index is 12.8. The van der Waals surface area contributed by atoms with E-state index in [1.165, 1.54) is 24.2 Å². The number of guanidine groups is 1. The highest BCUT2D eigenvalue weighted by atomic mass is 19.3. The highest BCUT2D eigenvalue weighted by Crippen LogP contribution is 2.44. The van der Waals surface area contributed by atoms with Crippen molar-refractivity contribution in [1.82, 2.24) is 15.5 Å². The molecule has 176 valence electrons. The fraction of sp³-hybridized carbons (Fsp3) is 0.652. The molecule has 1 heterocycles. The van der Waals surface area contributed by atoms with Crippen molar-refractivity contribution >= 4 is 17.6 Å². The Labute approximate surface area is 188 Å². The Morgan fingerprint density at radius 1 is 1.22 bits per heavy atom. The molecule has 4 atom stereocenters. The molecule has 2 N–H and O–H groups in total. The van der Waals surface area contributed by atoms with Crippen molar-refractivity contribution in [3.63, 3.8) is 0 Å². The Bertz CT molecular complexity index is 834. The van der Waals surface area contributed by atoms with E-state index < -0.39 is 6.61 Å². The molecule has 1 aliphatic heterocycles. The number of aliphatic imine (C=N–C) groups is 1. The van der Waals surface area contributed by atoms with Crippen molar-refractivity contribution in [2.24, 2.45) is 16.8 Å². The van der Waals surface area contributed by atoms with Gasteiger partial charge in [0.15, 0.2) is 5.96 Å². The lowest BCUT2D eigenvalue weighted by atomic mass is 9.95. The summed E-state index contributed by atoms with van der Waals surface area (Å²) in [5, 5.41) is 7.08. The SMILES string of the molecule is CN(C)C(=O)CN=C(NC1CCN(c2ccccc2OC(F)F)C1)NC1CC2CCC1C2. The molecule has 32 heavy (non-hydrogen) atoms. The standard InChI is InChI=1S/C23H33F2N5O2/c1-29(2)21(31)13-26-23(28-18-12-15-7-8-16(18)11-15)27-17-9-10-30(14-17)19-5-3-4-6-20(19)32-22(24)25/h3-6,15-18,22H,7-14H2,1-2H3,(H2,26,27,28). The second-order valence-electron chi connectivity index (χ2n) is 9.30. The number of hydrogen-bond donors (Lipinski definition) is 2. The number of amides is 1. The molecule has 1 aromatic carbocycles. The van der Waals surface area contributed by atoms with E-state index in [4.69, 9.17) is 4.74 Å². The fourth-order valence-electron chi connectivity index (χ4n) is 5.22. The first-order chi connectivity index (χ1) is 15.4. The van der Waals surface area contributed by atoms with Crippen LogP contribution in [0, 0.1) is 11.8 Å². The van der Waals surface area contributed by atoms with Crippen LogP contribution in [0.15, 0.2) is 29.3 Å². The number of ether oxygens (including phenoxy) is 1. The average Bonchev–Trinajstić information content (AvgIpc) is 3.49. The number of hydrogen-bond acceptors (Lipinski definition) is 4. The molecule has 0 radical (unpaired) electrons. The van der Waals surface area contributed by atoms with Crippen LogP contribution in [0.25, 0.3) is 0 Å². The summed E-state index contributed by atoms with van der Waals surface area (Å²) in [7, 11) is 3.45. The highest BCUT2D eigenvalue weighted by Gasteiger charge is 2.40. The van der Waals surface area contributed by atoms with Crippen molar-refractivity contribution in [3.8, 4) is 5.75 Å². The molecule has 1 amide bonds. The number of fused-ring (bicyclic) bond motifs is 2. The summed E-state index contributed by atoms with van der Waals surface area (Å²) in [4.78, 5) is 20.3. The molecule has 4 unspecified atom stereocenters. The third-order valence-corrected chi connectivity index (χ3v) is 6.88. The van der Waals surface area contributed by atoms with Gasteiger partial charge in [-0.25, -0.2) is 4.99 Å². The predicted octanol–water partition coefficient (Wildman–Crippen LogP) is 2.68. The van der Waals surface area contributed by atoms with E-state index in [9.17, 15) is 13.6 Å². The molecular formula is C23H33F2N5O2. The number of nitrogens with one attached hydrogen (secondary N) is 2. The molecule has 4 rings (SSSR count). The monoisotopic (exact) mass is 449 g/mol. The van der Waals surface area contributed by atoms with Crippen LogP contribution >= 0.6 is 0 Å². The molecule has 0 aromatic heterocycles. The zero-order valence-electron chi connectivity index (χ0n) is 18.8. The number of likely N-dealkylation sites (N-methyl/N-ethyl adjacent to an activating group) is 1. The zero-order chi connectivity index (χ0) is 22.7. The van der Waals surface area contributed by atoms with E-state index in [0.29, 0.717) is 30.2 Å². The van der Waals surface area contributed by atoms with E-state index in [1.807, 2.05) is 6.07 Å². The van der Waals surface area contributed by atoms with Gasteiger partial charge in [0.05, 0.1) is 5.69 Å². The van der Waals surface area contributed by atoms with Gasteiger partial charge in [-0.05, 0) is 49.7 Å². The fourth-order valence-corrected chi connectivity index (χ4v) is 5.22. The number of rotatable bonds is 7. The highest BCUT2D eigenvalue weighted by molar-refractivity contribution is 5.85. The first kappa shape index (κ1) is 22.6. The summed E-state index contributed by atoms with van der Waals surface area (Å²) in [6, 6.07) is 7.38. The molecule has 7 nitrogen and oxygen atoms in total. The normalized spacial score (nSPS) is 27.2. The van der Waals surface area contributed by atoms with E-state index in [2.05, 4.69) is 20.5 Å². The van der Waals surface area contributed by atoms with E-state index >= 15 is 0 Å². The van der Waals surface area contributed by atoms with Crippen LogP contribution in [0.4, 0.5) is 14.5 Å². The van der Waals surface area contributed by atoms with Crippen molar-refractivity contribution in [1.29, 1.82) is 0 Å². The van der Waals surface area contributed by atoms with Crippen LogP contribution in [-0.4, -0.2) is 69.2 Å². The van der Waals surface area contributed by atoms with Crippen LogP contribution in [0.5, 0.6) is 5.75 Å². The minimum absolute atomic E-state index is 0.0508. The van der Waals surface area contributed by atoms with Gasteiger partial charge in [-0.15, -0.1) is 0 Å². The molecule has 1 saturated heterocycles. The third-order valence-electron chi connectivity index (χ3n) is 6.88. The largest absolute Gasteiger partial charge is 0.433 e. The quantitative estimate of drug-likeness (QED) is 0.495. The Morgan fingerprint density at radius 3 is 2.72 bits per heavy atom. The summed E-state index contributed by atoms with van der Waals surface area (Å²) in [5.74, 6) is 2.28. The van der Waals surface area contributed by atoms with Crippen LogP contribution in [0.3, 0.4) is 0 Å². The summed E-state index contributed by atoms with van der Waals surface area (Å²) in [6.45, 7) is -1.40. The lowest BCUT2D eigenvalue weighted by Crippen LogP contribution is -2.50. The van der Waals surface area contributed by atoms with Crippen molar-refractivity contribution in [3.05, 3.63) is 24.3 Å². The lowest BCUT2D eigenvalue weighted by molar-refractivity contribution is -0.127. The summed E-state index contributed by atoms with van der Waals surface area (Å²) in [6.07, 6.45) is 5.84. The van der Waals surface area contributed by atoms with Gasteiger partial charge in [0.1, 0.15) is 12.3 Å². The number of alkyl halides is 2. The molecule has 0 spiro atoms. The molecule has 9 heteroatoms. The van der Waals surface area contributed by atoms with Gasteiger partial charge in [0.2, 0.25) is 5.91 Å². The first-order valence-corrected chi connectivity index (χ1v) is 11.5. The number of carbonyl (C=O) groups excluding carboxylic acids is 1. The molecule has 2 aliphatic carbocycles. The molecule has 2 saturated carbocycles. The molecule has 3 fully saturated rings. The Hall–Kier alpha value is -2.58. The maximum Gasteiger partial charge on any atom is 0.387 e.